The van der Waals surface area contributed by atoms with Crippen molar-refractivity contribution < 1.29 is 33.1 Å². The molecule has 2 heterocycles. The number of nitrogens with zero attached hydrogens (tertiary/aromatic N) is 2. The fraction of sp³-hybridized carbons (Fsp3) is 0.300. The standard InChI is InChI=1S/C20H20ClFN2O3.C20H20ClFN2O2/c21-15-10-14(11-16(22)12-15)13-23-18(25)20(27)8-4-5-9-24(19(20)26)17-6-2-1-3-7-17;21-15-10-14(11-16(22)12-15)13-23-19(25)18-8-4-5-9-24(20(18)26)17-6-2-1-3-7-17/h1-3,6-7,10-12,27H,4-5,8-9,13H2,(H,23,25);1-3,6-7,10-12,18H,4-5,8-9,13H2,(H,23,25). The van der Waals surface area contributed by atoms with Crippen LogP contribution in [-0.4, -0.2) is 47.4 Å². The van der Waals surface area contributed by atoms with Crippen LogP contribution in [0.4, 0.5) is 20.2 Å². The van der Waals surface area contributed by atoms with Crippen LogP contribution in [0, 0.1) is 17.6 Å². The van der Waals surface area contributed by atoms with Crippen molar-refractivity contribution in [3.05, 3.63) is 130 Å². The van der Waals surface area contributed by atoms with Gasteiger partial charge in [-0.2, -0.15) is 0 Å². The van der Waals surface area contributed by atoms with Crippen molar-refractivity contribution in [2.45, 2.75) is 57.2 Å². The molecule has 0 aliphatic carbocycles. The van der Waals surface area contributed by atoms with E-state index in [2.05, 4.69) is 10.6 Å². The molecule has 0 saturated carbocycles. The lowest BCUT2D eigenvalue weighted by Crippen LogP contribution is -2.57. The molecule has 0 spiro atoms. The SMILES string of the molecule is O=C(NCc1cc(F)cc(Cl)c1)C1(O)CCCCN(c2ccccc2)C1=O.O=C(NCc1cc(F)cc(Cl)c1)C1CCCCN(c2ccccc2)C1=O. The summed E-state index contributed by atoms with van der Waals surface area (Å²) < 4.78 is 26.8. The maximum atomic E-state index is 13.4. The second-order valence-electron chi connectivity index (χ2n) is 12.9. The van der Waals surface area contributed by atoms with Crippen molar-refractivity contribution >= 4 is 58.2 Å². The van der Waals surface area contributed by atoms with E-state index in [1.165, 1.54) is 29.2 Å². The van der Waals surface area contributed by atoms with E-state index in [1.54, 1.807) is 35.2 Å². The topological polar surface area (TPSA) is 119 Å². The van der Waals surface area contributed by atoms with E-state index in [9.17, 15) is 33.1 Å². The Hall–Kier alpha value is -4.84. The van der Waals surface area contributed by atoms with Crippen LogP contribution < -0.4 is 20.4 Å². The third kappa shape index (κ3) is 10.4. The van der Waals surface area contributed by atoms with Crippen LogP contribution in [0.25, 0.3) is 0 Å². The Kier molecular flexibility index (Phi) is 13.6. The highest BCUT2D eigenvalue weighted by Crippen LogP contribution is 2.28. The first-order valence-corrected chi connectivity index (χ1v) is 18.1. The second-order valence-corrected chi connectivity index (χ2v) is 13.8. The molecular weight excluding hydrogens is 725 g/mol. The van der Waals surface area contributed by atoms with Crippen LogP contribution >= 0.6 is 23.2 Å². The number of rotatable bonds is 8. The Balaban J connectivity index is 0.000000204. The first-order chi connectivity index (χ1) is 25.4. The predicted molar refractivity (Wildman–Crippen MR) is 200 cm³/mol. The predicted octanol–water partition coefficient (Wildman–Crippen LogP) is 6.97. The van der Waals surface area contributed by atoms with Gasteiger partial charge in [0.1, 0.15) is 17.6 Å². The first kappa shape index (κ1) is 39.4. The van der Waals surface area contributed by atoms with Crippen molar-refractivity contribution in [2.75, 3.05) is 22.9 Å². The zero-order chi connectivity index (χ0) is 38.0. The average Bonchev–Trinajstić information content (AvgIpc) is 3.43. The summed E-state index contributed by atoms with van der Waals surface area (Å²) in [6.07, 6.45) is 3.41. The molecule has 53 heavy (non-hydrogen) atoms. The second kappa shape index (κ2) is 18.3. The Bertz CT molecular complexity index is 1880. The lowest BCUT2D eigenvalue weighted by Gasteiger charge is -2.29. The van der Waals surface area contributed by atoms with Crippen LogP contribution in [0.5, 0.6) is 0 Å². The molecule has 4 aromatic rings. The highest BCUT2D eigenvalue weighted by Gasteiger charge is 2.47. The van der Waals surface area contributed by atoms with Gasteiger partial charge >= 0.3 is 0 Å². The van der Waals surface area contributed by atoms with Crippen molar-refractivity contribution in [2.24, 2.45) is 5.92 Å². The number of aliphatic hydroxyl groups is 1. The van der Waals surface area contributed by atoms with Crippen molar-refractivity contribution in [3.8, 4) is 0 Å². The molecule has 0 aromatic heterocycles. The molecule has 0 bridgehead atoms. The maximum Gasteiger partial charge on any atom is 0.268 e. The fourth-order valence-electron chi connectivity index (χ4n) is 6.36. The molecule has 2 fully saturated rings. The lowest BCUT2D eigenvalue weighted by molar-refractivity contribution is -0.152. The molecule has 2 unspecified atom stereocenters. The summed E-state index contributed by atoms with van der Waals surface area (Å²) in [7, 11) is 0. The molecule has 2 atom stereocenters. The van der Waals surface area contributed by atoms with Crippen LogP contribution in [-0.2, 0) is 32.3 Å². The molecule has 13 heteroatoms. The van der Waals surface area contributed by atoms with Crippen LogP contribution in [0.1, 0.15) is 49.7 Å². The molecule has 2 aliphatic rings. The largest absolute Gasteiger partial charge is 0.372 e. The summed E-state index contributed by atoms with van der Waals surface area (Å²) in [6.45, 7) is 1.12. The molecule has 278 valence electrons. The average molecular weight is 766 g/mol. The minimum Gasteiger partial charge on any atom is -0.372 e. The number of hydrogen-bond acceptors (Lipinski definition) is 5. The molecule has 4 aromatic carbocycles. The summed E-state index contributed by atoms with van der Waals surface area (Å²) in [5.41, 5.74) is 0.271. The number of carbonyl (C=O) groups is 4. The van der Waals surface area contributed by atoms with E-state index >= 15 is 0 Å². The molecule has 2 saturated heterocycles. The number of hydrogen-bond donors (Lipinski definition) is 3. The minimum absolute atomic E-state index is 0.0326. The normalized spacial score (nSPS) is 19.0. The van der Waals surface area contributed by atoms with Crippen molar-refractivity contribution in [1.82, 2.24) is 10.6 Å². The van der Waals surface area contributed by atoms with Crippen LogP contribution in [0.2, 0.25) is 10.0 Å². The summed E-state index contributed by atoms with van der Waals surface area (Å²) in [6, 6.07) is 26.3. The number of nitrogens with one attached hydrogen (secondary N) is 2. The van der Waals surface area contributed by atoms with Gasteiger partial charge < -0.3 is 25.5 Å². The Labute approximate surface area is 316 Å². The zero-order valence-electron chi connectivity index (χ0n) is 28.9. The van der Waals surface area contributed by atoms with Crippen molar-refractivity contribution in [3.63, 3.8) is 0 Å². The van der Waals surface area contributed by atoms with E-state index in [0.29, 0.717) is 49.2 Å². The maximum absolute atomic E-state index is 13.4. The lowest BCUT2D eigenvalue weighted by atomic mass is 9.95. The number of anilines is 2. The Morgan fingerprint density at radius 3 is 1.79 bits per heavy atom. The third-order valence-electron chi connectivity index (χ3n) is 9.05. The smallest absolute Gasteiger partial charge is 0.268 e. The molecular formula is C40H40Cl2F2N4O5. The molecule has 2 aliphatic heterocycles. The monoisotopic (exact) mass is 764 g/mol. The summed E-state index contributed by atoms with van der Waals surface area (Å²) in [4.78, 5) is 54.2. The number of benzene rings is 4. The molecule has 6 rings (SSSR count). The first-order valence-electron chi connectivity index (χ1n) is 17.4. The summed E-state index contributed by atoms with van der Waals surface area (Å²) in [5, 5.41) is 16.7. The summed E-state index contributed by atoms with van der Waals surface area (Å²) >= 11 is 11.6. The van der Waals surface area contributed by atoms with Crippen LogP contribution in [0.3, 0.4) is 0 Å². The van der Waals surface area contributed by atoms with Gasteiger partial charge in [0.25, 0.3) is 11.8 Å². The summed E-state index contributed by atoms with van der Waals surface area (Å²) in [5.74, 6) is -3.69. The number of carbonyl (C=O) groups excluding carboxylic acids is 4. The van der Waals surface area contributed by atoms with Gasteiger partial charge in [-0.1, -0.05) is 66.0 Å². The van der Waals surface area contributed by atoms with Gasteiger partial charge in [0.2, 0.25) is 17.4 Å². The van der Waals surface area contributed by atoms with E-state index in [4.69, 9.17) is 23.2 Å². The van der Waals surface area contributed by atoms with E-state index in [0.717, 1.165) is 24.6 Å². The van der Waals surface area contributed by atoms with Gasteiger partial charge in [0.05, 0.1) is 0 Å². The molecule has 3 N–H and O–H groups in total. The highest BCUT2D eigenvalue weighted by molar-refractivity contribution is 6.31. The van der Waals surface area contributed by atoms with Gasteiger partial charge in [0.15, 0.2) is 0 Å². The van der Waals surface area contributed by atoms with Gasteiger partial charge in [-0.15, -0.1) is 0 Å². The number of para-hydroxylation sites is 2. The number of amides is 4. The third-order valence-corrected chi connectivity index (χ3v) is 9.49. The minimum atomic E-state index is -2.16. The van der Waals surface area contributed by atoms with E-state index < -0.39 is 35.0 Å². The molecule has 9 nitrogen and oxygen atoms in total. The van der Waals surface area contributed by atoms with Gasteiger partial charge in [-0.25, -0.2) is 8.78 Å². The molecule has 4 amide bonds. The van der Waals surface area contributed by atoms with Crippen molar-refractivity contribution in [1.29, 1.82) is 0 Å². The van der Waals surface area contributed by atoms with Gasteiger partial charge in [-0.3, -0.25) is 19.2 Å². The van der Waals surface area contributed by atoms with Gasteiger partial charge in [-0.05, 0) is 104 Å². The highest BCUT2D eigenvalue weighted by atomic mass is 35.5. The zero-order valence-corrected chi connectivity index (χ0v) is 30.4. The van der Waals surface area contributed by atoms with E-state index in [-0.39, 0.29) is 41.4 Å². The van der Waals surface area contributed by atoms with Crippen LogP contribution in [0.15, 0.2) is 97.1 Å². The molecule has 0 radical (unpaired) electrons. The number of halogens is 4. The van der Waals surface area contributed by atoms with E-state index in [1.807, 2.05) is 36.4 Å². The fourth-order valence-corrected chi connectivity index (χ4v) is 6.85. The Morgan fingerprint density at radius 1 is 0.717 bits per heavy atom. The van der Waals surface area contributed by atoms with Gasteiger partial charge in [0, 0.05) is 47.6 Å². The quantitative estimate of drug-likeness (QED) is 0.168. The Morgan fingerprint density at radius 2 is 1.23 bits per heavy atom.